The Morgan fingerprint density at radius 1 is 1.10 bits per heavy atom. The van der Waals surface area contributed by atoms with E-state index in [2.05, 4.69) is 10.2 Å². The van der Waals surface area contributed by atoms with Crippen molar-refractivity contribution in [3.63, 3.8) is 0 Å². The topological polar surface area (TPSA) is 105 Å². The van der Waals surface area contributed by atoms with Gasteiger partial charge in [-0.3, -0.25) is 4.79 Å². The van der Waals surface area contributed by atoms with Crippen LogP contribution in [0.25, 0.3) is 10.2 Å². The van der Waals surface area contributed by atoms with Crippen molar-refractivity contribution < 1.29 is 13.2 Å². The number of primary sulfonamides is 1. The minimum absolute atomic E-state index is 0.0806. The lowest BCUT2D eigenvalue weighted by Gasteiger charge is -2.25. The lowest BCUT2D eigenvalue weighted by atomic mass is 10.1. The van der Waals surface area contributed by atoms with Crippen molar-refractivity contribution in [2.45, 2.75) is 30.6 Å². The fourth-order valence-corrected chi connectivity index (χ4v) is 5.11. The number of nitrogens with two attached hydrogens (primary N) is 1. The third-order valence-corrected chi connectivity index (χ3v) is 7.23. The number of amides is 1. The molecule has 9 heteroatoms. The molecule has 0 aliphatic carbocycles. The van der Waals surface area contributed by atoms with Crippen molar-refractivity contribution in [3.8, 4) is 0 Å². The van der Waals surface area contributed by atoms with Gasteiger partial charge in [-0.1, -0.05) is 23.5 Å². The first-order valence-corrected chi connectivity index (χ1v) is 12.3. The van der Waals surface area contributed by atoms with E-state index >= 15 is 0 Å². The van der Waals surface area contributed by atoms with Gasteiger partial charge in [-0.25, -0.2) is 18.5 Å². The quantitative estimate of drug-likeness (QED) is 0.608. The molecule has 0 saturated carbocycles. The molecule has 7 nitrogen and oxygen atoms in total. The summed E-state index contributed by atoms with van der Waals surface area (Å²) in [7, 11) is -3.69. The normalized spacial score (nSPS) is 14.8. The summed E-state index contributed by atoms with van der Waals surface area (Å²) in [6.45, 7) is 2.55. The summed E-state index contributed by atoms with van der Waals surface area (Å²) in [6.07, 6.45) is 4.28. The van der Waals surface area contributed by atoms with E-state index in [1.54, 1.807) is 29.5 Å². The van der Waals surface area contributed by atoms with Gasteiger partial charge >= 0.3 is 0 Å². The van der Waals surface area contributed by atoms with Gasteiger partial charge in [0.15, 0.2) is 5.13 Å². The molecule has 1 aromatic heterocycles. The maximum Gasteiger partial charge on any atom is 0.251 e. The van der Waals surface area contributed by atoms with Gasteiger partial charge in [0, 0.05) is 25.2 Å². The smallest absolute Gasteiger partial charge is 0.251 e. The molecule has 3 N–H and O–H groups in total. The van der Waals surface area contributed by atoms with Gasteiger partial charge in [0.25, 0.3) is 5.91 Å². The fraction of sp³-hybridized carbons (Fsp3) is 0.333. The molecule has 0 bridgehead atoms. The molecular formula is C21H24N4O3S2. The predicted octanol–water partition coefficient (Wildman–Crippen LogP) is 2.91. The monoisotopic (exact) mass is 444 g/mol. The first kappa shape index (κ1) is 20.8. The Balaban J connectivity index is 1.37. The fourth-order valence-electron chi connectivity index (χ4n) is 3.54. The zero-order valence-corrected chi connectivity index (χ0v) is 18.1. The molecule has 1 saturated heterocycles. The van der Waals surface area contributed by atoms with Gasteiger partial charge in [-0.15, -0.1) is 0 Å². The highest BCUT2D eigenvalue weighted by molar-refractivity contribution is 7.89. The Hall–Kier alpha value is -2.49. The van der Waals surface area contributed by atoms with Gasteiger partial charge in [0.1, 0.15) is 0 Å². The standard InChI is InChI=1S/C21H24N4O3S2/c22-30(27,28)17-7-4-15(5-8-17)10-11-23-20(26)16-6-9-18-19(14-16)29-21(24-18)25-12-2-1-3-13-25/h4-9,14H,1-3,10-13H2,(H,23,26)(H2,22,27,28). The molecule has 158 valence electrons. The number of aromatic nitrogens is 1. The SMILES string of the molecule is NS(=O)(=O)c1ccc(CCNC(=O)c2ccc3nc(N4CCCCC4)sc3c2)cc1. The minimum atomic E-state index is -3.69. The first-order chi connectivity index (χ1) is 14.4. The number of fused-ring (bicyclic) bond motifs is 1. The zero-order valence-electron chi connectivity index (χ0n) is 16.5. The highest BCUT2D eigenvalue weighted by Gasteiger charge is 2.16. The molecule has 1 fully saturated rings. The summed E-state index contributed by atoms with van der Waals surface area (Å²) < 4.78 is 23.6. The maximum atomic E-state index is 12.5. The maximum absolute atomic E-state index is 12.5. The van der Waals surface area contributed by atoms with Crippen LogP contribution in [0.1, 0.15) is 35.2 Å². The van der Waals surface area contributed by atoms with Gasteiger partial charge in [0.05, 0.1) is 15.1 Å². The molecule has 2 heterocycles. The summed E-state index contributed by atoms with van der Waals surface area (Å²) in [4.78, 5) is 19.7. The van der Waals surface area contributed by atoms with Crippen molar-refractivity contribution in [1.29, 1.82) is 0 Å². The van der Waals surface area contributed by atoms with Crippen molar-refractivity contribution in [2.75, 3.05) is 24.5 Å². The largest absolute Gasteiger partial charge is 0.352 e. The summed E-state index contributed by atoms with van der Waals surface area (Å²) >= 11 is 1.63. The van der Waals surface area contributed by atoms with Crippen molar-refractivity contribution >= 4 is 42.6 Å². The molecule has 1 aliphatic rings. The number of nitrogens with zero attached hydrogens (tertiary/aromatic N) is 2. The van der Waals surface area contributed by atoms with E-state index in [1.807, 2.05) is 12.1 Å². The number of rotatable bonds is 6. The molecule has 1 amide bonds. The summed E-state index contributed by atoms with van der Waals surface area (Å²) in [5, 5.41) is 9.06. The molecule has 4 rings (SSSR count). The number of nitrogens with one attached hydrogen (secondary N) is 1. The number of carbonyl (C=O) groups is 1. The molecule has 3 aromatic rings. The second-order valence-electron chi connectivity index (χ2n) is 7.42. The summed E-state index contributed by atoms with van der Waals surface area (Å²) in [5.74, 6) is -0.133. The Kier molecular flexibility index (Phi) is 6.03. The Morgan fingerprint density at radius 3 is 2.53 bits per heavy atom. The Bertz CT molecular complexity index is 1150. The number of hydrogen-bond donors (Lipinski definition) is 2. The van der Waals surface area contributed by atoms with E-state index in [4.69, 9.17) is 10.1 Å². The lowest BCUT2D eigenvalue weighted by molar-refractivity contribution is 0.0954. The molecule has 0 radical (unpaired) electrons. The molecule has 0 atom stereocenters. The lowest BCUT2D eigenvalue weighted by Crippen LogP contribution is -2.29. The van der Waals surface area contributed by atoms with Crippen LogP contribution < -0.4 is 15.4 Å². The second-order valence-corrected chi connectivity index (χ2v) is 9.99. The molecule has 0 unspecified atom stereocenters. The molecular weight excluding hydrogens is 420 g/mol. The average molecular weight is 445 g/mol. The number of hydrogen-bond acceptors (Lipinski definition) is 6. The number of anilines is 1. The summed E-state index contributed by atoms with van der Waals surface area (Å²) in [5.41, 5.74) is 2.46. The number of piperidine rings is 1. The van der Waals surface area contributed by atoms with Gasteiger partial charge < -0.3 is 10.2 Å². The van der Waals surface area contributed by atoms with Gasteiger partial charge in [-0.2, -0.15) is 0 Å². The third kappa shape index (κ3) is 4.80. The Labute approximate surface area is 180 Å². The Morgan fingerprint density at radius 2 is 1.83 bits per heavy atom. The first-order valence-electron chi connectivity index (χ1n) is 9.96. The van der Waals surface area contributed by atoms with Crippen LogP contribution in [0.4, 0.5) is 5.13 Å². The van der Waals surface area contributed by atoms with E-state index in [9.17, 15) is 13.2 Å². The number of sulfonamides is 1. The molecule has 2 aromatic carbocycles. The van der Waals surface area contributed by atoms with Crippen LogP contribution in [-0.2, 0) is 16.4 Å². The van der Waals surface area contributed by atoms with Crippen LogP contribution in [-0.4, -0.2) is 38.9 Å². The van der Waals surface area contributed by atoms with E-state index in [-0.39, 0.29) is 10.8 Å². The molecule has 0 spiro atoms. The van der Waals surface area contributed by atoms with Gasteiger partial charge in [0.2, 0.25) is 10.0 Å². The highest BCUT2D eigenvalue weighted by Crippen LogP contribution is 2.31. The number of thiazole rings is 1. The van der Waals surface area contributed by atoms with E-state index in [0.717, 1.165) is 34.0 Å². The number of carbonyl (C=O) groups excluding carboxylic acids is 1. The predicted molar refractivity (Wildman–Crippen MR) is 120 cm³/mol. The van der Waals surface area contributed by atoms with E-state index in [0.29, 0.717) is 18.5 Å². The average Bonchev–Trinajstić information content (AvgIpc) is 3.17. The van der Waals surface area contributed by atoms with Crippen LogP contribution in [0.2, 0.25) is 0 Å². The van der Waals surface area contributed by atoms with Gasteiger partial charge in [-0.05, 0) is 61.6 Å². The minimum Gasteiger partial charge on any atom is -0.352 e. The van der Waals surface area contributed by atoms with Crippen LogP contribution in [0.3, 0.4) is 0 Å². The molecule has 1 aliphatic heterocycles. The summed E-state index contributed by atoms with van der Waals surface area (Å²) in [6, 6.07) is 12.0. The van der Waals surface area contributed by atoms with Crippen molar-refractivity contribution in [3.05, 3.63) is 53.6 Å². The highest BCUT2D eigenvalue weighted by atomic mass is 32.2. The van der Waals surface area contributed by atoms with Crippen molar-refractivity contribution in [2.24, 2.45) is 5.14 Å². The second kappa shape index (κ2) is 8.71. The zero-order chi connectivity index (χ0) is 21.1. The van der Waals surface area contributed by atoms with Crippen LogP contribution in [0.15, 0.2) is 47.4 Å². The third-order valence-electron chi connectivity index (χ3n) is 5.22. The van der Waals surface area contributed by atoms with Crippen LogP contribution in [0, 0.1) is 0 Å². The van der Waals surface area contributed by atoms with E-state index in [1.165, 1.54) is 31.4 Å². The van der Waals surface area contributed by atoms with E-state index < -0.39 is 10.0 Å². The number of benzene rings is 2. The van der Waals surface area contributed by atoms with Crippen molar-refractivity contribution in [1.82, 2.24) is 10.3 Å². The van der Waals surface area contributed by atoms with Crippen LogP contribution in [0.5, 0.6) is 0 Å². The molecule has 30 heavy (non-hydrogen) atoms. The van der Waals surface area contributed by atoms with Crippen LogP contribution >= 0.6 is 11.3 Å².